The Morgan fingerprint density at radius 2 is 2.29 bits per heavy atom. The molecule has 1 aromatic heterocycles. The summed E-state index contributed by atoms with van der Waals surface area (Å²) in [5.74, 6) is -0.181. The van der Waals surface area contributed by atoms with Crippen molar-refractivity contribution in [2.75, 3.05) is 25.0 Å². The fraction of sp³-hybridized carbons (Fsp3) is 0.389. The first-order valence-electron chi connectivity index (χ1n) is 8.02. The lowest BCUT2D eigenvalue weighted by Gasteiger charge is -2.40. The molecule has 0 saturated carbocycles. The Kier molecular flexibility index (Phi) is 4.36. The van der Waals surface area contributed by atoms with E-state index in [1.165, 1.54) is 0 Å². The summed E-state index contributed by atoms with van der Waals surface area (Å²) in [7, 11) is 1.57. The molecule has 0 aliphatic carbocycles. The van der Waals surface area contributed by atoms with Crippen LogP contribution in [0.2, 0.25) is 0 Å². The smallest absolute Gasteiger partial charge is 0.222 e. The first kappa shape index (κ1) is 16.2. The summed E-state index contributed by atoms with van der Waals surface area (Å²) < 4.78 is 0. The molecule has 6 heteroatoms. The van der Waals surface area contributed by atoms with Crippen LogP contribution in [0, 0.1) is 11.3 Å². The van der Waals surface area contributed by atoms with Gasteiger partial charge in [0, 0.05) is 31.7 Å². The van der Waals surface area contributed by atoms with E-state index in [1.54, 1.807) is 13.2 Å². The zero-order valence-electron chi connectivity index (χ0n) is 13.6. The van der Waals surface area contributed by atoms with Gasteiger partial charge >= 0.3 is 0 Å². The molecular formula is C18H20N4O2. The number of carbonyl (C=O) groups is 1. The van der Waals surface area contributed by atoms with Crippen LogP contribution in [0.5, 0.6) is 0 Å². The highest BCUT2D eigenvalue weighted by atomic mass is 16.3. The average Bonchev–Trinajstić information content (AvgIpc) is 2.60. The molecule has 6 nitrogen and oxygen atoms in total. The molecule has 24 heavy (non-hydrogen) atoms. The fourth-order valence-electron chi connectivity index (χ4n) is 3.38. The number of rotatable bonds is 3. The number of nitrogens with zero attached hydrogens (tertiary/aromatic N) is 3. The molecule has 2 N–H and O–H groups in total. The van der Waals surface area contributed by atoms with Crippen LogP contribution < -0.4 is 10.2 Å². The van der Waals surface area contributed by atoms with Crippen LogP contribution in [-0.4, -0.2) is 41.7 Å². The van der Waals surface area contributed by atoms with Gasteiger partial charge in [0.1, 0.15) is 6.07 Å². The molecule has 2 heterocycles. The number of hydrogen-bond acceptors (Lipinski definition) is 5. The highest BCUT2D eigenvalue weighted by molar-refractivity contribution is 5.94. The molecule has 1 aliphatic heterocycles. The number of amides is 1. The lowest BCUT2D eigenvalue weighted by Crippen LogP contribution is -2.50. The second-order valence-corrected chi connectivity index (χ2v) is 6.25. The number of β-amino-alcohol motifs (C(OH)–C–C–N with tert-alkyl or cyclic N) is 1. The molecule has 1 atom stereocenters. The quantitative estimate of drug-likeness (QED) is 0.894. The Hall–Kier alpha value is -2.65. The Balaban J connectivity index is 2.01. The number of nitrogens with one attached hydrogen (secondary N) is 1. The number of nitriles is 1. The number of pyridine rings is 1. The third kappa shape index (κ3) is 3.03. The molecule has 124 valence electrons. The molecule has 0 spiro atoms. The van der Waals surface area contributed by atoms with E-state index in [2.05, 4.69) is 16.4 Å². The van der Waals surface area contributed by atoms with Crippen LogP contribution in [0.1, 0.15) is 24.8 Å². The summed E-state index contributed by atoms with van der Waals surface area (Å²) in [6.45, 7) is 1.06. The van der Waals surface area contributed by atoms with Gasteiger partial charge in [0.2, 0.25) is 5.91 Å². The SMILES string of the molecule is CNC(=O)CC1(O)CCCN(c2c(C#N)cnc3ccccc23)C1. The van der Waals surface area contributed by atoms with Gasteiger partial charge in [0.25, 0.3) is 0 Å². The highest BCUT2D eigenvalue weighted by Gasteiger charge is 2.36. The third-order valence-corrected chi connectivity index (χ3v) is 4.51. The third-order valence-electron chi connectivity index (χ3n) is 4.51. The van der Waals surface area contributed by atoms with Crippen molar-refractivity contribution >= 4 is 22.5 Å². The number of aliphatic hydroxyl groups is 1. The second-order valence-electron chi connectivity index (χ2n) is 6.25. The molecule has 1 aromatic carbocycles. The van der Waals surface area contributed by atoms with Gasteiger partial charge in [0.15, 0.2) is 0 Å². The first-order valence-corrected chi connectivity index (χ1v) is 8.02. The number of anilines is 1. The van der Waals surface area contributed by atoms with Crippen LogP contribution in [0.25, 0.3) is 10.9 Å². The lowest BCUT2D eigenvalue weighted by molar-refractivity contribution is -0.125. The van der Waals surface area contributed by atoms with E-state index in [4.69, 9.17) is 0 Å². The lowest BCUT2D eigenvalue weighted by atomic mass is 9.88. The molecule has 1 saturated heterocycles. The van der Waals surface area contributed by atoms with Crippen molar-refractivity contribution in [2.45, 2.75) is 24.9 Å². The van der Waals surface area contributed by atoms with Crippen molar-refractivity contribution in [2.24, 2.45) is 0 Å². The van der Waals surface area contributed by atoms with E-state index >= 15 is 0 Å². The van der Waals surface area contributed by atoms with Crippen molar-refractivity contribution < 1.29 is 9.90 Å². The van der Waals surface area contributed by atoms with E-state index in [1.807, 2.05) is 29.2 Å². The molecule has 1 aliphatic rings. The molecule has 1 amide bonds. The minimum atomic E-state index is -1.09. The van der Waals surface area contributed by atoms with Crippen LogP contribution >= 0.6 is 0 Å². The van der Waals surface area contributed by atoms with Gasteiger partial charge in [-0.3, -0.25) is 9.78 Å². The molecule has 0 bridgehead atoms. The molecular weight excluding hydrogens is 304 g/mol. The second kappa shape index (κ2) is 6.46. The Labute approximate surface area is 140 Å². The number of benzene rings is 1. The van der Waals surface area contributed by atoms with Gasteiger partial charge in [0.05, 0.1) is 28.8 Å². The van der Waals surface area contributed by atoms with Crippen molar-refractivity contribution in [3.05, 3.63) is 36.0 Å². The summed E-state index contributed by atoms with van der Waals surface area (Å²) in [4.78, 5) is 18.1. The van der Waals surface area contributed by atoms with E-state index in [0.717, 1.165) is 29.6 Å². The minimum absolute atomic E-state index is 0.0604. The summed E-state index contributed by atoms with van der Waals surface area (Å²) >= 11 is 0. The Bertz CT molecular complexity index is 814. The molecule has 1 unspecified atom stereocenters. The van der Waals surface area contributed by atoms with Gasteiger partial charge in [-0.15, -0.1) is 0 Å². The van der Waals surface area contributed by atoms with Crippen LogP contribution in [0.3, 0.4) is 0 Å². The van der Waals surface area contributed by atoms with Crippen molar-refractivity contribution in [1.82, 2.24) is 10.3 Å². The average molecular weight is 324 g/mol. The maximum Gasteiger partial charge on any atom is 0.222 e. The molecule has 0 radical (unpaired) electrons. The summed E-state index contributed by atoms with van der Waals surface area (Å²) in [6.07, 6.45) is 2.96. The normalized spacial score (nSPS) is 20.6. The zero-order valence-corrected chi connectivity index (χ0v) is 13.6. The van der Waals surface area contributed by atoms with Gasteiger partial charge < -0.3 is 15.3 Å². The van der Waals surface area contributed by atoms with Crippen LogP contribution in [-0.2, 0) is 4.79 Å². The van der Waals surface area contributed by atoms with Gasteiger partial charge in [-0.05, 0) is 18.9 Å². The largest absolute Gasteiger partial charge is 0.388 e. The molecule has 2 aromatic rings. The Morgan fingerprint density at radius 1 is 1.50 bits per heavy atom. The summed E-state index contributed by atoms with van der Waals surface area (Å²) in [5.41, 5.74) is 0.998. The van der Waals surface area contributed by atoms with Crippen LogP contribution in [0.4, 0.5) is 5.69 Å². The number of aromatic nitrogens is 1. The topological polar surface area (TPSA) is 89.2 Å². The standard InChI is InChI=1S/C18H20N4O2/c1-20-16(23)9-18(24)7-4-8-22(12-18)17-13(10-19)11-21-15-6-3-2-5-14(15)17/h2-3,5-6,11,24H,4,7-9,12H2,1H3,(H,20,23). The number of hydrogen-bond donors (Lipinski definition) is 2. The first-order chi connectivity index (χ1) is 11.6. The molecule has 1 fully saturated rings. The predicted molar refractivity (Wildman–Crippen MR) is 91.5 cm³/mol. The monoisotopic (exact) mass is 324 g/mol. The number of piperidine rings is 1. The van der Waals surface area contributed by atoms with Crippen LogP contribution in [0.15, 0.2) is 30.5 Å². The maximum absolute atomic E-state index is 11.7. The van der Waals surface area contributed by atoms with Crippen molar-refractivity contribution in [1.29, 1.82) is 5.26 Å². The van der Waals surface area contributed by atoms with Gasteiger partial charge in [-0.2, -0.15) is 5.26 Å². The van der Waals surface area contributed by atoms with Gasteiger partial charge in [-0.1, -0.05) is 18.2 Å². The van der Waals surface area contributed by atoms with E-state index in [9.17, 15) is 15.2 Å². The van der Waals surface area contributed by atoms with Gasteiger partial charge in [-0.25, -0.2) is 0 Å². The van der Waals surface area contributed by atoms with E-state index in [0.29, 0.717) is 18.5 Å². The van der Waals surface area contributed by atoms with E-state index < -0.39 is 5.60 Å². The molecule has 3 rings (SSSR count). The number of fused-ring (bicyclic) bond motifs is 1. The predicted octanol–water partition coefficient (Wildman–Crippen LogP) is 1.57. The maximum atomic E-state index is 11.7. The number of carbonyl (C=O) groups excluding carboxylic acids is 1. The van der Waals surface area contributed by atoms with E-state index in [-0.39, 0.29) is 12.3 Å². The summed E-state index contributed by atoms with van der Waals surface area (Å²) in [5, 5.41) is 23.8. The fourth-order valence-corrected chi connectivity index (χ4v) is 3.38. The van der Waals surface area contributed by atoms with Crippen molar-refractivity contribution in [3.8, 4) is 6.07 Å². The zero-order chi connectivity index (χ0) is 17.2. The minimum Gasteiger partial charge on any atom is -0.388 e. The highest BCUT2D eigenvalue weighted by Crippen LogP contribution is 2.34. The Morgan fingerprint density at radius 3 is 3.04 bits per heavy atom. The number of para-hydroxylation sites is 1. The summed E-state index contributed by atoms with van der Waals surface area (Å²) in [6, 6.07) is 9.86. The van der Waals surface area contributed by atoms with Crippen molar-refractivity contribution in [3.63, 3.8) is 0 Å².